The molecule has 0 aromatic heterocycles. The third-order valence-corrected chi connectivity index (χ3v) is 5.06. The van der Waals surface area contributed by atoms with Crippen LogP contribution in [0.3, 0.4) is 0 Å². The summed E-state index contributed by atoms with van der Waals surface area (Å²) in [7, 11) is 0. The smallest absolute Gasteiger partial charge is 0.127 e. The Morgan fingerprint density at radius 3 is 2.55 bits per heavy atom. The average Bonchev–Trinajstić information content (AvgIpc) is 2.91. The van der Waals surface area contributed by atoms with Crippen molar-refractivity contribution in [2.24, 2.45) is 5.73 Å². The first-order chi connectivity index (χ1) is 9.69. The molecule has 0 bridgehead atoms. The molecule has 1 fully saturated rings. The Kier molecular flexibility index (Phi) is 3.74. The number of hydrogen-bond acceptors (Lipinski definition) is 3. The molecule has 3 nitrogen and oxygen atoms in total. The van der Waals surface area contributed by atoms with E-state index in [1.54, 1.807) is 0 Å². The first-order valence-corrected chi connectivity index (χ1v) is 7.87. The second-order valence-corrected chi connectivity index (χ2v) is 6.29. The van der Waals surface area contributed by atoms with Gasteiger partial charge in [0.15, 0.2) is 0 Å². The third-order valence-electron chi connectivity index (χ3n) is 5.06. The van der Waals surface area contributed by atoms with E-state index in [1.165, 1.54) is 42.6 Å². The first-order valence-electron chi connectivity index (χ1n) is 7.87. The summed E-state index contributed by atoms with van der Waals surface area (Å²) in [6.45, 7) is 8.19. The molecular weight excluding hydrogens is 248 g/mol. The molecule has 1 atom stereocenters. The molecule has 1 unspecified atom stereocenters. The minimum atomic E-state index is -0.0154. The van der Waals surface area contributed by atoms with Crippen molar-refractivity contribution in [3.8, 4) is 5.75 Å². The van der Waals surface area contributed by atoms with Gasteiger partial charge in [-0.25, -0.2) is 0 Å². The third kappa shape index (κ3) is 2.04. The van der Waals surface area contributed by atoms with Crippen LogP contribution in [0.4, 0.5) is 0 Å². The fourth-order valence-electron chi connectivity index (χ4n) is 4.01. The summed E-state index contributed by atoms with van der Waals surface area (Å²) >= 11 is 0. The summed E-state index contributed by atoms with van der Waals surface area (Å²) in [5, 5.41) is 0. The van der Waals surface area contributed by atoms with Crippen molar-refractivity contribution in [3.63, 3.8) is 0 Å². The zero-order valence-electron chi connectivity index (χ0n) is 12.7. The second-order valence-electron chi connectivity index (χ2n) is 6.29. The Bertz CT molecular complexity index is 494. The molecule has 0 aliphatic carbocycles. The fourth-order valence-corrected chi connectivity index (χ4v) is 4.01. The lowest BCUT2D eigenvalue weighted by atomic mass is 9.80. The number of fused-ring (bicyclic) bond motifs is 1. The first kappa shape index (κ1) is 13.9. The summed E-state index contributed by atoms with van der Waals surface area (Å²) < 4.78 is 6.09. The van der Waals surface area contributed by atoms with Gasteiger partial charge in [-0.15, -0.1) is 0 Å². The van der Waals surface area contributed by atoms with Gasteiger partial charge in [0.1, 0.15) is 5.75 Å². The molecule has 20 heavy (non-hydrogen) atoms. The van der Waals surface area contributed by atoms with E-state index in [1.807, 2.05) is 0 Å². The fraction of sp³-hybridized carbons (Fsp3) is 0.647. The maximum absolute atomic E-state index is 6.32. The monoisotopic (exact) mass is 274 g/mol. The average molecular weight is 274 g/mol. The Morgan fingerprint density at radius 2 is 1.85 bits per heavy atom. The highest BCUT2D eigenvalue weighted by Gasteiger charge is 2.42. The minimum absolute atomic E-state index is 0.0154. The summed E-state index contributed by atoms with van der Waals surface area (Å²) in [6.07, 6.45) is 4.79. The molecule has 2 heterocycles. The molecule has 3 heteroatoms. The van der Waals surface area contributed by atoms with Gasteiger partial charge in [-0.3, -0.25) is 4.90 Å². The van der Waals surface area contributed by atoms with Crippen LogP contribution in [0.2, 0.25) is 0 Å². The highest BCUT2D eigenvalue weighted by Crippen LogP contribution is 2.44. The quantitative estimate of drug-likeness (QED) is 0.901. The predicted octanol–water partition coefficient (Wildman–Crippen LogP) is 2.73. The number of likely N-dealkylation sites (tertiary alicyclic amines) is 1. The molecule has 1 saturated heterocycles. The van der Waals surface area contributed by atoms with Gasteiger partial charge in [0.25, 0.3) is 0 Å². The number of nitrogens with two attached hydrogens (primary N) is 1. The van der Waals surface area contributed by atoms with E-state index < -0.39 is 0 Å². The van der Waals surface area contributed by atoms with E-state index >= 15 is 0 Å². The number of hydrogen-bond donors (Lipinski definition) is 1. The topological polar surface area (TPSA) is 38.5 Å². The molecule has 2 aliphatic rings. The molecule has 0 saturated carbocycles. The number of aryl methyl sites for hydroxylation is 2. The Labute approximate surface area is 122 Å². The number of nitrogens with zero attached hydrogens (tertiary/aromatic N) is 1. The van der Waals surface area contributed by atoms with Gasteiger partial charge in [-0.1, -0.05) is 12.1 Å². The van der Waals surface area contributed by atoms with Crippen molar-refractivity contribution in [2.75, 3.05) is 26.2 Å². The number of ether oxygens (including phenoxy) is 1. The van der Waals surface area contributed by atoms with Crippen molar-refractivity contribution in [3.05, 3.63) is 28.8 Å². The van der Waals surface area contributed by atoms with Crippen LogP contribution in [-0.4, -0.2) is 31.1 Å². The van der Waals surface area contributed by atoms with E-state index in [0.29, 0.717) is 6.54 Å². The van der Waals surface area contributed by atoms with E-state index in [4.69, 9.17) is 10.5 Å². The van der Waals surface area contributed by atoms with Crippen LogP contribution < -0.4 is 10.5 Å². The number of rotatable bonds is 2. The molecule has 0 radical (unpaired) electrons. The van der Waals surface area contributed by atoms with Crippen molar-refractivity contribution in [1.29, 1.82) is 0 Å². The molecule has 2 aliphatic heterocycles. The zero-order valence-corrected chi connectivity index (χ0v) is 12.7. The molecule has 0 amide bonds. The molecule has 3 rings (SSSR count). The van der Waals surface area contributed by atoms with Crippen LogP contribution in [0, 0.1) is 13.8 Å². The number of benzene rings is 1. The van der Waals surface area contributed by atoms with Crippen molar-refractivity contribution in [1.82, 2.24) is 4.90 Å². The maximum atomic E-state index is 6.32. The highest BCUT2D eigenvalue weighted by molar-refractivity contribution is 5.50. The Balaban J connectivity index is 2.18. The lowest BCUT2D eigenvalue weighted by molar-refractivity contribution is 0.112. The normalized spacial score (nSPS) is 26.9. The summed E-state index contributed by atoms with van der Waals surface area (Å²) in [6, 6.07) is 4.40. The van der Waals surface area contributed by atoms with Crippen LogP contribution in [0.1, 0.15) is 42.4 Å². The largest absolute Gasteiger partial charge is 0.493 e. The van der Waals surface area contributed by atoms with Crippen LogP contribution in [-0.2, 0) is 5.54 Å². The molecule has 110 valence electrons. The van der Waals surface area contributed by atoms with Gasteiger partial charge in [0.2, 0.25) is 0 Å². The van der Waals surface area contributed by atoms with E-state index in [2.05, 4.69) is 30.9 Å². The highest BCUT2D eigenvalue weighted by atomic mass is 16.5. The van der Waals surface area contributed by atoms with Crippen molar-refractivity contribution < 1.29 is 4.74 Å². The van der Waals surface area contributed by atoms with Crippen LogP contribution in [0.15, 0.2) is 12.1 Å². The molecule has 1 aromatic rings. The summed E-state index contributed by atoms with van der Waals surface area (Å²) in [5.41, 5.74) is 10.2. The van der Waals surface area contributed by atoms with Gasteiger partial charge in [0, 0.05) is 12.1 Å². The summed E-state index contributed by atoms with van der Waals surface area (Å²) in [5.74, 6) is 1.10. The van der Waals surface area contributed by atoms with E-state index in [9.17, 15) is 0 Å². The minimum Gasteiger partial charge on any atom is -0.493 e. The molecular formula is C17H26N2O. The van der Waals surface area contributed by atoms with Crippen molar-refractivity contribution >= 4 is 0 Å². The van der Waals surface area contributed by atoms with Crippen molar-refractivity contribution in [2.45, 2.75) is 45.1 Å². The second kappa shape index (κ2) is 5.38. The van der Waals surface area contributed by atoms with Crippen LogP contribution in [0.5, 0.6) is 5.75 Å². The van der Waals surface area contributed by atoms with Gasteiger partial charge < -0.3 is 10.5 Å². The van der Waals surface area contributed by atoms with E-state index in [-0.39, 0.29) is 5.54 Å². The molecule has 2 N–H and O–H groups in total. The SMILES string of the molecule is Cc1ccc(C)c2c1OCCCC2(CN)N1CCCC1. The molecule has 1 aromatic carbocycles. The lowest BCUT2D eigenvalue weighted by Crippen LogP contribution is -2.50. The van der Waals surface area contributed by atoms with Gasteiger partial charge in [-0.2, -0.15) is 0 Å². The standard InChI is InChI=1S/C17H26N2O/c1-13-6-7-14(2)16-15(13)17(12-18,8-5-11-20-16)19-9-3-4-10-19/h6-7H,3-5,8-12,18H2,1-2H3. The lowest BCUT2D eigenvalue weighted by Gasteiger charge is -2.42. The molecule has 0 spiro atoms. The van der Waals surface area contributed by atoms with Crippen LogP contribution >= 0.6 is 0 Å². The predicted molar refractivity (Wildman–Crippen MR) is 82.2 cm³/mol. The maximum Gasteiger partial charge on any atom is 0.127 e. The van der Waals surface area contributed by atoms with Gasteiger partial charge in [-0.05, 0) is 63.7 Å². The Hall–Kier alpha value is -1.06. The summed E-state index contributed by atoms with van der Waals surface area (Å²) in [4.78, 5) is 2.62. The van der Waals surface area contributed by atoms with Gasteiger partial charge >= 0.3 is 0 Å². The Morgan fingerprint density at radius 1 is 1.15 bits per heavy atom. The van der Waals surface area contributed by atoms with Gasteiger partial charge in [0.05, 0.1) is 12.1 Å². The van der Waals surface area contributed by atoms with E-state index in [0.717, 1.165) is 25.2 Å². The van der Waals surface area contributed by atoms with Crippen LogP contribution in [0.25, 0.3) is 0 Å². The zero-order chi connectivity index (χ0) is 14.2.